The van der Waals surface area contributed by atoms with E-state index >= 15 is 0 Å². The Labute approximate surface area is 218 Å². The molecule has 3 aromatic rings. The predicted molar refractivity (Wildman–Crippen MR) is 141 cm³/mol. The van der Waals surface area contributed by atoms with E-state index in [4.69, 9.17) is 32.7 Å². The van der Waals surface area contributed by atoms with Gasteiger partial charge in [-0.2, -0.15) is 0 Å². The van der Waals surface area contributed by atoms with Crippen molar-refractivity contribution < 1.29 is 19.1 Å². The largest absolute Gasteiger partial charge is 0.490 e. The fourth-order valence-corrected chi connectivity index (χ4v) is 4.71. The van der Waals surface area contributed by atoms with E-state index in [-0.39, 0.29) is 17.7 Å². The van der Waals surface area contributed by atoms with Crippen molar-refractivity contribution in [3.8, 4) is 11.5 Å². The maximum atomic E-state index is 12.9. The van der Waals surface area contributed by atoms with Crippen molar-refractivity contribution in [1.29, 1.82) is 0 Å². The number of imide groups is 1. The number of ether oxygens (including phenoxy) is 2. The lowest BCUT2D eigenvalue weighted by atomic mass is 10.1. The highest BCUT2D eigenvalue weighted by Crippen LogP contribution is 2.40. The van der Waals surface area contributed by atoms with Crippen LogP contribution in [0.2, 0.25) is 10.0 Å². The number of nitrogens with zero attached hydrogens (tertiary/aromatic N) is 1. The minimum Gasteiger partial charge on any atom is -0.490 e. The molecule has 1 fully saturated rings. The van der Waals surface area contributed by atoms with Gasteiger partial charge < -0.3 is 9.47 Å². The molecule has 0 aliphatic carbocycles. The first-order valence-corrected chi connectivity index (χ1v) is 12.6. The van der Waals surface area contributed by atoms with Gasteiger partial charge in [0.15, 0.2) is 11.5 Å². The Hall–Kier alpha value is -2.93. The third kappa shape index (κ3) is 6.20. The van der Waals surface area contributed by atoms with Crippen molar-refractivity contribution in [2.75, 3.05) is 6.61 Å². The fourth-order valence-electron chi connectivity index (χ4n) is 3.47. The van der Waals surface area contributed by atoms with Gasteiger partial charge >= 0.3 is 0 Å². The van der Waals surface area contributed by atoms with Crippen molar-refractivity contribution in [3.05, 3.63) is 97.9 Å². The van der Waals surface area contributed by atoms with Crippen LogP contribution in [-0.4, -0.2) is 22.7 Å². The number of benzene rings is 3. The van der Waals surface area contributed by atoms with Crippen LogP contribution in [0.5, 0.6) is 11.5 Å². The highest BCUT2D eigenvalue weighted by Gasteiger charge is 2.35. The van der Waals surface area contributed by atoms with Crippen molar-refractivity contribution in [2.45, 2.75) is 27.0 Å². The molecular formula is C27H23Cl2NO4S. The Morgan fingerprint density at radius 3 is 2.31 bits per heavy atom. The number of carbonyl (C=O) groups excluding carboxylic acids is 2. The number of hydrogen-bond acceptors (Lipinski definition) is 5. The van der Waals surface area contributed by atoms with E-state index in [0.717, 1.165) is 22.9 Å². The second-order valence-corrected chi connectivity index (χ2v) is 9.77. The smallest absolute Gasteiger partial charge is 0.293 e. The van der Waals surface area contributed by atoms with Crippen LogP contribution in [0.15, 0.2) is 65.6 Å². The van der Waals surface area contributed by atoms with Gasteiger partial charge in [-0.1, -0.05) is 65.2 Å². The van der Waals surface area contributed by atoms with Crippen molar-refractivity contribution in [1.82, 2.24) is 4.90 Å². The summed E-state index contributed by atoms with van der Waals surface area (Å²) < 4.78 is 11.7. The number of carbonyl (C=O) groups is 2. The van der Waals surface area contributed by atoms with E-state index in [1.807, 2.05) is 38.1 Å². The quantitative estimate of drug-likeness (QED) is 0.283. The van der Waals surface area contributed by atoms with E-state index in [1.54, 1.807) is 42.5 Å². The van der Waals surface area contributed by atoms with E-state index < -0.39 is 0 Å². The number of aryl methyl sites for hydroxylation is 1. The third-order valence-corrected chi connectivity index (χ3v) is 6.70. The SMILES string of the molecule is CCOc1cc(/C=C2\SC(=O)N(Cc3ccc(Cl)cc3)C2=O)cc(Cl)c1OCc1ccc(C)cc1. The highest BCUT2D eigenvalue weighted by molar-refractivity contribution is 8.18. The van der Waals surface area contributed by atoms with Crippen molar-refractivity contribution >= 4 is 52.2 Å². The third-order valence-electron chi connectivity index (χ3n) is 5.26. The minimum absolute atomic E-state index is 0.177. The highest BCUT2D eigenvalue weighted by atomic mass is 35.5. The molecule has 8 heteroatoms. The summed E-state index contributed by atoms with van der Waals surface area (Å²) in [5.41, 5.74) is 3.63. The summed E-state index contributed by atoms with van der Waals surface area (Å²) in [5, 5.41) is 0.621. The van der Waals surface area contributed by atoms with E-state index in [2.05, 4.69) is 0 Å². The van der Waals surface area contributed by atoms with Crippen LogP contribution < -0.4 is 9.47 Å². The molecular weight excluding hydrogens is 505 g/mol. The number of hydrogen-bond donors (Lipinski definition) is 0. The molecule has 3 aromatic carbocycles. The molecule has 0 saturated carbocycles. The van der Waals surface area contributed by atoms with Crippen LogP contribution in [0.25, 0.3) is 6.08 Å². The molecule has 4 rings (SSSR count). The summed E-state index contributed by atoms with van der Waals surface area (Å²) in [6, 6.07) is 18.5. The van der Waals surface area contributed by atoms with Gasteiger partial charge in [-0.3, -0.25) is 14.5 Å². The number of halogens is 2. The second kappa shape index (κ2) is 11.2. The predicted octanol–water partition coefficient (Wildman–Crippen LogP) is 7.52. The van der Waals surface area contributed by atoms with Crippen LogP contribution in [0.4, 0.5) is 4.79 Å². The second-order valence-electron chi connectivity index (χ2n) is 7.93. The lowest BCUT2D eigenvalue weighted by molar-refractivity contribution is -0.123. The Bertz CT molecular complexity index is 1270. The van der Waals surface area contributed by atoms with Crippen LogP contribution >= 0.6 is 35.0 Å². The molecule has 0 N–H and O–H groups in total. The molecule has 0 bridgehead atoms. The first kappa shape index (κ1) is 25.2. The van der Waals surface area contributed by atoms with Gasteiger partial charge in [-0.05, 0) is 72.6 Å². The number of amides is 2. The fraction of sp³-hybridized carbons (Fsp3) is 0.185. The average Bonchev–Trinajstić information content (AvgIpc) is 3.08. The molecule has 1 aliphatic rings. The zero-order chi connectivity index (χ0) is 24.9. The van der Waals surface area contributed by atoms with Gasteiger partial charge in [0.2, 0.25) is 0 Å². The standard InChI is InChI=1S/C27H23Cl2NO4S/c1-3-33-23-13-20(12-22(29)25(23)34-16-19-6-4-17(2)5-7-19)14-24-26(31)30(27(32)35-24)15-18-8-10-21(28)11-9-18/h4-14H,3,15-16H2,1-2H3/b24-14-. The van der Waals surface area contributed by atoms with E-state index in [1.165, 1.54) is 10.5 Å². The molecule has 5 nitrogen and oxygen atoms in total. The normalized spacial score (nSPS) is 14.6. The summed E-state index contributed by atoms with van der Waals surface area (Å²) >= 11 is 13.4. The molecule has 0 radical (unpaired) electrons. The lowest BCUT2D eigenvalue weighted by Gasteiger charge is -2.15. The summed E-state index contributed by atoms with van der Waals surface area (Å²) in [5.74, 6) is 0.546. The molecule has 1 aliphatic heterocycles. The molecule has 35 heavy (non-hydrogen) atoms. The molecule has 180 valence electrons. The van der Waals surface area contributed by atoms with E-state index in [9.17, 15) is 9.59 Å². The van der Waals surface area contributed by atoms with Gasteiger partial charge in [0.05, 0.1) is 23.1 Å². The molecule has 0 aromatic heterocycles. The Kier molecular flexibility index (Phi) is 8.06. The molecule has 0 atom stereocenters. The van der Waals surface area contributed by atoms with Crippen LogP contribution in [0, 0.1) is 6.92 Å². The van der Waals surface area contributed by atoms with Gasteiger partial charge in [0, 0.05) is 5.02 Å². The topological polar surface area (TPSA) is 55.8 Å². The monoisotopic (exact) mass is 527 g/mol. The Morgan fingerprint density at radius 2 is 1.63 bits per heavy atom. The molecule has 1 saturated heterocycles. The zero-order valence-electron chi connectivity index (χ0n) is 19.2. The number of rotatable bonds is 8. The molecule has 1 heterocycles. The van der Waals surface area contributed by atoms with Crippen molar-refractivity contribution in [3.63, 3.8) is 0 Å². The number of thioether (sulfide) groups is 1. The zero-order valence-corrected chi connectivity index (χ0v) is 21.5. The van der Waals surface area contributed by atoms with Crippen LogP contribution in [-0.2, 0) is 17.9 Å². The average molecular weight is 528 g/mol. The first-order chi connectivity index (χ1) is 16.8. The summed E-state index contributed by atoms with van der Waals surface area (Å²) in [4.78, 5) is 27.0. The van der Waals surface area contributed by atoms with Gasteiger partial charge in [0.1, 0.15) is 6.61 Å². The van der Waals surface area contributed by atoms with E-state index in [0.29, 0.717) is 45.2 Å². The molecule has 0 unspecified atom stereocenters. The maximum Gasteiger partial charge on any atom is 0.293 e. The molecule has 0 spiro atoms. The van der Waals surface area contributed by atoms with Gasteiger partial charge in [-0.15, -0.1) is 0 Å². The van der Waals surface area contributed by atoms with Crippen LogP contribution in [0.3, 0.4) is 0 Å². The minimum atomic E-state index is -0.358. The van der Waals surface area contributed by atoms with Gasteiger partial charge in [-0.25, -0.2) is 0 Å². The summed E-state index contributed by atoms with van der Waals surface area (Å²) in [6.45, 7) is 4.82. The van der Waals surface area contributed by atoms with Crippen LogP contribution in [0.1, 0.15) is 29.2 Å². The Balaban J connectivity index is 1.54. The summed E-state index contributed by atoms with van der Waals surface area (Å²) in [7, 11) is 0. The summed E-state index contributed by atoms with van der Waals surface area (Å²) in [6.07, 6.45) is 1.64. The molecule has 2 amide bonds. The van der Waals surface area contributed by atoms with Crippen molar-refractivity contribution in [2.24, 2.45) is 0 Å². The first-order valence-electron chi connectivity index (χ1n) is 11.0. The maximum absolute atomic E-state index is 12.9. The Morgan fingerprint density at radius 1 is 0.943 bits per heavy atom. The van der Waals surface area contributed by atoms with Gasteiger partial charge in [0.25, 0.3) is 11.1 Å². The lowest BCUT2D eigenvalue weighted by Crippen LogP contribution is -2.27.